The van der Waals surface area contributed by atoms with Crippen LogP contribution in [-0.4, -0.2) is 19.8 Å². The van der Waals surface area contributed by atoms with Crippen LogP contribution in [0, 0.1) is 9.39 Å². The van der Waals surface area contributed by atoms with Crippen molar-refractivity contribution in [3.63, 3.8) is 0 Å². The molecular weight excluding hydrogens is 331 g/mol. The topological polar surface area (TPSA) is 21.3 Å². The molecule has 0 aromatic heterocycles. The van der Waals surface area contributed by atoms with Gasteiger partial charge in [-0.25, -0.2) is 4.39 Å². The van der Waals surface area contributed by atoms with Crippen LogP contribution in [0.2, 0.25) is 0 Å². The number of rotatable bonds is 1. The van der Waals surface area contributed by atoms with Crippen LogP contribution in [0.4, 0.5) is 4.39 Å². The van der Waals surface area contributed by atoms with Crippen molar-refractivity contribution in [2.45, 2.75) is 6.04 Å². The molecule has 1 aromatic carbocycles. The molecule has 0 unspecified atom stereocenters. The van der Waals surface area contributed by atoms with E-state index >= 15 is 0 Å². The molecule has 0 bridgehead atoms. The van der Waals surface area contributed by atoms with Crippen LogP contribution in [0.15, 0.2) is 18.2 Å². The zero-order valence-corrected chi connectivity index (χ0v) is 11.0. The third kappa shape index (κ3) is 3.27. The Morgan fingerprint density at radius 3 is 2.93 bits per heavy atom. The number of nitrogens with one attached hydrogen (secondary N) is 1. The predicted octanol–water partition coefficient (Wildman–Crippen LogP) is 2.51. The Labute approximate surface area is 108 Å². The second kappa shape index (κ2) is 5.98. The summed E-state index contributed by atoms with van der Waals surface area (Å²) >= 11 is 2.18. The summed E-state index contributed by atoms with van der Waals surface area (Å²) in [6.07, 6.45) is 0. The third-order valence-electron chi connectivity index (χ3n) is 2.26. The van der Waals surface area contributed by atoms with Gasteiger partial charge in [0.1, 0.15) is 5.82 Å². The quantitative estimate of drug-likeness (QED) is 0.791. The number of halogens is 3. The Hall–Kier alpha value is 0.0900. The lowest BCUT2D eigenvalue weighted by Gasteiger charge is -2.24. The second-order valence-electron chi connectivity index (χ2n) is 3.25. The van der Waals surface area contributed by atoms with Crippen LogP contribution >= 0.6 is 35.0 Å². The average molecular weight is 344 g/mol. The molecule has 5 heteroatoms. The van der Waals surface area contributed by atoms with Gasteiger partial charge in [-0.05, 0) is 40.8 Å². The van der Waals surface area contributed by atoms with E-state index in [9.17, 15) is 4.39 Å². The molecule has 1 fully saturated rings. The van der Waals surface area contributed by atoms with Crippen LogP contribution in [0.5, 0.6) is 0 Å². The lowest BCUT2D eigenvalue weighted by atomic mass is 10.1. The molecule has 1 heterocycles. The fraction of sp³-hybridized carbons (Fsp3) is 0.400. The van der Waals surface area contributed by atoms with Gasteiger partial charge >= 0.3 is 0 Å². The highest BCUT2D eigenvalue weighted by Gasteiger charge is 2.18. The smallest absolute Gasteiger partial charge is 0.128 e. The Morgan fingerprint density at radius 2 is 2.27 bits per heavy atom. The Kier molecular flexibility index (Phi) is 5.25. The van der Waals surface area contributed by atoms with E-state index in [1.807, 2.05) is 6.07 Å². The van der Waals surface area contributed by atoms with Crippen molar-refractivity contribution in [1.29, 1.82) is 0 Å². The molecule has 1 aliphatic heterocycles. The minimum atomic E-state index is -0.159. The molecule has 0 radical (unpaired) electrons. The summed E-state index contributed by atoms with van der Waals surface area (Å²) in [6.45, 7) is 2.05. The summed E-state index contributed by atoms with van der Waals surface area (Å²) < 4.78 is 19.8. The number of hydrogen-bond donors (Lipinski definition) is 1. The largest absolute Gasteiger partial charge is 0.378 e. The fourth-order valence-corrected chi connectivity index (χ4v) is 2.06. The SMILES string of the molecule is Cl.Fc1ccc(I)cc1[C@H]1COCCN1. The number of ether oxygens (including phenoxy) is 1. The maximum atomic E-state index is 13.5. The molecule has 0 spiro atoms. The van der Waals surface area contributed by atoms with Crippen LogP contribution in [0.25, 0.3) is 0 Å². The molecule has 2 nitrogen and oxygen atoms in total. The summed E-state index contributed by atoms with van der Waals surface area (Å²) in [5.74, 6) is -0.159. The van der Waals surface area contributed by atoms with E-state index in [1.54, 1.807) is 6.07 Å². The number of hydrogen-bond acceptors (Lipinski definition) is 2. The van der Waals surface area contributed by atoms with Crippen molar-refractivity contribution in [1.82, 2.24) is 5.32 Å². The van der Waals surface area contributed by atoms with Gasteiger partial charge < -0.3 is 10.1 Å². The molecular formula is C10H12ClFINO. The summed E-state index contributed by atoms with van der Waals surface area (Å²) in [6, 6.07) is 5.14. The standard InChI is InChI=1S/C10H11FINO.ClH/c11-9-2-1-7(12)5-8(9)10-6-14-4-3-13-10;/h1-2,5,10,13H,3-4,6H2;1H/t10-;/m1./s1. The minimum absolute atomic E-state index is 0. The van der Waals surface area contributed by atoms with E-state index < -0.39 is 0 Å². The lowest BCUT2D eigenvalue weighted by Crippen LogP contribution is -2.35. The maximum Gasteiger partial charge on any atom is 0.128 e. The first-order chi connectivity index (χ1) is 6.77. The van der Waals surface area contributed by atoms with E-state index in [0.717, 1.165) is 10.1 Å². The van der Waals surface area contributed by atoms with Gasteiger partial charge in [-0.15, -0.1) is 12.4 Å². The molecule has 0 aliphatic carbocycles. The second-order valence-corrected chi connectivity index (χ2v) is 4.49. The van der Waals surface area contributed by atoms with Gasteiger partial charge in [0.05, 0.1) is 19.3 Å². The summed E-state index contributed by atoms with van der Waals surface area (Å²) in [7, 11) is 0. The average Bonchev–Trinajstić information content (AvgIpc) is 2.23. The predicted molar refractivity (Wildman–Crippen MR) is 67.9 cm³/mol. The Balaban J connectivity index is 0.00000112. The Morgan fingerprint density at radius 1 is 1.47 bits per heavy atom. The van der Waals surface area contributed by atoms with Crippen LogP contribution in [-0.2, 0) is 4.74 Å². The number of benzene rings is 1. The molecule has 15 heavy (non-hydrogen) atoms. The maximum absolute atomic E-state index is 13.5. The van der Waals surface area contributed by atoms with Crippen molar-refractivity contribution in [2.24, 2.45) is 0 Å². The molecule has 0 amide bonds. The lowest BCUT2D eigenvalue weighted by molar-refractivity contribution is 0.0757. The molecule has 84 valence electrons. The highest BCUT2D eigenvalue weighted by atomic mass is 127. The van der Waals surface area contributed by atoms with E-state index in [4.69, 9.17) is 4.74 Å². The van der Waals surface area contributed by atoms with Crippen molar-refractivity contribution < 1.29 is 9.13 Å². The van der Waals surface area contributed by atoms with Gasteiger partial charge in [0.15, 0.2) is 0 Å². The van der Waals surface area contributed by atoms with Gasteiger partial charge in [0, 0.05) is 15.7 Å². The Bertz CT molecular complexity index is 331. The zero-order valence-electron chi connectivity index (χ0n) is 8.00. The fourth-order valence-electron chi connectivity index (χ4n) is 1.55. The first-order valence-corrected chi connectivity index (χ1v) is 5.61. The summed E-state index contributed by atoms with van der Waals surface area (Å²) in [4.78, 5) is 0. The van der Waals surface area contributed by atoms with Crippen LogP contribution in [0.1, 0.15) is 11.6 Å². The van der Waals surface area contributed by atoms with Crippen LogP contribution in [0.3, 0.4) is 0 Å². The van der Waals surface area contributed by atoms with Gasteiger partial charge in [-0.3, -0.25) is 0 Å². The monoisotopic (exact) mass is 343 g/mol. The highest BCUT2D eigenvalue weighted by molar-refractivity contribution is 14.1. The molecule has 1 atom stereocenters. The van der Waals surface area contributed by atoms with E-state index in [1.165, 1.54) is 6.07 Å². The first kappa shape index (κ1) is 13.2. The van der Waals surface area contributed by atoms with Crippen molar-refractivity contribution in [3.8, 4) is 0 Å². The molecule has 0 saturated carbocycles. The normalized spacial score (nSPS) is 20.8. The molecule has 1 aliphatic rings. The zero-order chi connectivity index (χ0) is 9.97. The molecule has 2 rings (SSSR count). The van der Waals surface area contributed by atoms with Crippen molar-refractivity contribution in [3.05, 3.63) is 33.1 Å². The summed E-state index contributed by atoms with van der Waals surface area (Å²) in [5, 5.41) is 3.24. The van der Waals surface area contributed by atoms with E-state index in [0.29, 0.717) is 18.8 Å². The first-order valence-electron chi connectivity index (χ1n) is 4.53. The number of morpholine rings is 1. The highest BCUT2D eigenvalue weighted by Crippen LogP contribution is 2.21. The van der Waals surface area contributed by atoms with Gasteiger partial charge in [0.2, 0.25) is 0 Å². The molecule has 1 aromatic rings. The van der Waals surface area contributed by atoms with Crippen LogP contribution < -0.4 is 5.32 Å². The van der Waals surface area contributed by atoms with Gasteiger partial charge in [-0.2, -0.15) is 0 Å². The minimum Gasteiger partial charge on any atom is -0.378 e. The summed E-state index contributed by atoms with van der Waals surface area (Å²) in [5.41, 5.74) is 0.705. The van der Waals surface area contributed by atoms with E-state index in [2.05, 4.69) is 27.9 Å². The van der Waals surface area contributed by atoms with Gasteiger partial charge in [-0.1, -0.05) is 0 Å². The van der Waals surface area contributed by atoms with Crippen molar-refractivity contribution in [2.75, 3.05) is 19.8 Å². The molecule has 1 saturated heterocycles. The van der Waals surface area contributed by atoms with Crippen molar-refractivity contribution >= 4 is 35.0 Å². The van der Waals surface area contributed by atoms with E-state index in [-0.39, 0.29) is 24.3 Å². The third-order valence-corrected chi connectivity index (χ3v) is 2.93. The molecule has 1 N–H and O–H groups in total. The van der Waals surface area contributed by atoms with Gasteiger partial charge in [0.25, 0.3) is 0 Å².